The van der Waals surface area contributed by atoms with Gasteiger partial charge in [-0.2, -0.15) is 0 Å². The second-order valence-electron chi connectivity index (χ2n) is 4.20. The number of hydrogen-bond donors (Lipinski definition) is 1. The summed E-state index contributed by atoms with van der Waals surface area (Å²) in [6.07, 6.45) is 3.54. The second kappa shape index (κ2) is 6.98. The maximum atomic E-state index is 12.1. The van der Waals surface area contributed by atoms with E-state index in [-0.39, 0.29) is 18.0 Å². The Morgan fingerprint density at radius 3 is 3.05 bits per heavy atom. The zero-order valence-corrected chi connectivity index (χ0v) is 12.3. The fourth-order valence-electron chi connectivity index (χ4n) is 1.74. The first kappa shape index (κ1) is 15.2. The molecule has 0 aliphatic heterocycles. The third-order valence-electron chi connectivity index (χ3n) is 2.74. The molecule has 7 nitrogen and oxygen atoms in total. The SMILES string of the molecule is CCOC(=O)CCCNC(=O)c1cnc2sccn2c1=O. The van der Waals surface area contributed by atoms with E-state index in [0.29, 0.717) is 24.5 Å². The number of rotatable bonds is 6. The molecule has 0 fully saturated rings. The highest BCUT2D eigenvalue weighted by Crippen LogP contribution is 2.05. The van der Waals surface area contributed by atoms with E-state index in [1.165, 1.54) is 21.9 Å². The number of thiazole rings is 1. The lowest BCUT2D eigenvalue weighted by Crippen LogP contribution is -2.32. The molecule has 0 unspecified atom stereocenters. The Balaban J connectivity index is 1.92. The van der Waals surface area contributed by atoms with Crippen LogP contribution in [0.5, 0.6) is 0 Å². The van der Waals surface area contributed by atoms with Crippen LogP contribution in [-0.2, 0) is 9.53 Å². The van der Waals surface area contributed by atoms with Crippen molar-refractivity contribution in [2.24, 2.45) is 0 Å². The van der Waals surface area contributed by atoms with Crippen LogP contribution in [0.1, 0.15) is 30.1 Å². The molecule has 0 radical (unpaired) electrons. The van der Waals surface area contributed by atoms with Crippen molar-refractivity contribution in [1.82, 2.24) is 14.7 Å². The van der Waals surface area contributed by atoms with Crippen LogP contribution in [-0.4, -0.2) is 34.4 Å². The van der Waals surface area contributed by atoms with Crippen molar-refractivity contribution in [2.45, 2.75) is 19.8 Å². The highest BCUT2D eigenvalue weighted by molar-refractivity contribution is 7.15. The number of aromatic nitrogens is 2. The lowest BCUT2D eigenvalue weighted by Gasteiger charge is -2.05. The van der Waals surface area contributed by atoms with Crippen molar-refractivity contribution in [2.75, 3.05) is 13.2 Å². The van der Waals surface area contributed by atoms with Gasteiger partial charge in [0.1, 0.15) is 5.56 Å². The minimum Gasteiger partial charge on any atom is -0.466 e. The number of fused-ring (bicyclic) bond motifs is 1. The molecular weight excluding hydrogens is 294 g/mol. The molecule has 0 saturated carbocycles. The first-order chi connectivity index (χ1) is 10.1. The monoisotopic (exact) mass is 309 g/mol. The summed E-state index contributed by atoms with van der Waals surface area (Å²) in [5.41, 5.74) is -0.411. The lowest BCUT2D eigenvalue weighted by atomic mass is 10.3. The van der Waals surface area contributed by atoms with Crippen molar-refractivity contribution < 1.29 is 14.3 Å². The fourth-order valence-corrected chi connectivity index (χ4v) is 2.42. The van der Waals surface area contributed by atoms with Crippen LogP contribution in [0.3, 0.4) is 0 Å². The standard InChI is InChI=1S/C13H15N3O4S/c1-2-20-10(17)4-3-5-14-11(18)9-8-15-13-16(12(9)19)6-7-21-13/h6-8H,2-5H2,1H3,(H,14,18). The van der Waals surface area contributed by atoms with E-state index in [1.54, 1.807) is 18.5 Å². The van der Waals surface area contributed by atoms with Gasteiger partial charge in [0.2, 0.25) is 0 Å². The van der Waals surface area contributed by atoms with Crippen LogP contribution in [0.2, 0.25) is 0 Å². The molecule has 0 aromatic carbocycles. The number of nitrogens with one attached hydrogen (secondary N) is 1. The summed E-state index contributed by atoms with van der Waals surface area (Å²) >= 11 is 1.32. The van der Waals surface area contributed by atoms with Gasteiger partial charge in [-0.15, -0.1) is 11.3 Å². The molecule has 0 aliphatic carbocycles. The minimum absolute atomic E-state index is 0.0120. The van der Waals surface area contributed by atoms with Crippen LogP contribution < -0.4 is 10.9 Å². The van der Waals surface area contributed by atoms with E-state index in [1.807, 2.05) is 0 Å². The first-order valence-electron chi connectivity index (χ1n) is 6.52. The molecular formula is C13H15N3O4S. The Labute approximate surface area is 124 Å². The topological polar surface area (TPSA) is 89.8 Å². The van der Waals surface area contributed by atoms with Gasteiger partial charge in [0, 0.05) is 30.7 Å². The van der Waals surface area contributed by atoms with E-state index < -0.39 is 11.5 Å². The summed E-state index contributed by atoms with van der Waals surface area (Å²) < 4.78 is 6.11. The van der Waals surface area contributed by atoms with Crippen LogP contribution >= 0.6 is 11.3 Å². The average Bonchev–Trinajstić information content (AvgIpc) is 2.93. The van der Waals surface area contributed by atoms with E-state index >= 15 is 0 Å². The van der Waals surface area contributed by atoms with Crippen LogP contribution in [0.15, 0.2) is 22.6 Å². The third kappa shape index (κ3) is 3.66. The van der Waals surface area contributed by atoms with Crippen LogP contribution in [0.4, 0.5) is 0 Å². The molecule has 0 spiro atoms. The normalized spacial score (nSPS) is 10.5. The smallest absolute Gasteiger partial charge is 0.305 e. The zero-order valence-electron chi connectivity index (χ0n) is 11.5. The fraction of sp³-hybridized carbons (Fsp3) is 0.385. The molecule has 1 amide bonds. The lowest BCUT2D eigenvalue weighted by molar-refractivity contribution is -0.143. The molecule has 0 bridgehead atoms. The second-order valence-corrected chi connectivity index (χ2v) is 5.07. The van der Waals surface area contributed by atoms with Gasteiger partial charge >= 0.3 is 5.97 Å². The van der Waals surface area contributed by atoms with E-state index in [2.05, 4.69) is 10.3 Å². The number of amides is 1. The zero-order chi connectivity index (χ0) is 15.2. The quantitative estimate of drug-likeness (QED) is 0.630. The maximum Gasteiger partial charge on any atom is 0.305 e. The predicted octanol–water partition coefficient (Wildman–Crippen LogP) is 0.829. The molecule has 2 aromatic heterocycles. The Morgan fingerprint density at radius 1 is 1.48 bits per heavy atom. The molecule has 2 rings (SSSR count). The number of carbonyl (C=O) groups excluding carboxylic acids is 2. The molecule has 0 atom stereocenters. The van der Waals surface area contributed by atoms with Crippen LogP contribution in [0.25, 0.3) is 4.96 Å². The van der Waals surface area contributed by atoms with Crippen molar-refractivity contribution in [3.05, 3.63) is 33.7 Å². The minimum atomic E-state index is -0.489. The highest BCUT2D eigenvalue weighted by Gasteiger charge is 2.13. The Hall–Kier alpha value is -2.22. The molecule has 2 aromatic rings. The van der Waals surface area contributed by atoms with Crippen molar-refractivity contribution >= 4 is 28.2 Å². The third-order valence-corrected chi connectivity index (χ3v) is 3.51. The summed E-state index contributed by atoms with van der Waals surface area (Å²) in [4.78, 5) is 39.7. The molecule has 21 heavy (non-hydrogen) atoms. The summed E-state index contributed by atoms with van der Waals surface area (Å²) in [5, 5.41) is 4.32. The van der Waals surface area contributed by atoms with Gasteiger partial charge in [-0.25, -0.2) is 4.98 Å². The molecule has 112 valence electrons. The van der Waals surface area contributed by atoms with Gasteiger partial charge in [0.05, 0.1) is 6.61 Å². The number of esters is 1. The molecule has 8 heteroatoms. The van der Waals surface area contributed by atoms with E-state index in [9.17, 15) is 14.4 Å². The average molecular weight is 309 g/mol. The van der Waals surface area contributed by atoms with Crippen molar-refractivity contribution in [1.29, 1.82) is 0 Å². The van der Waals surface area contributed by atoms with E-state index in [4.69, 9.17) is 4.74 Å². The maximum absolute atomic E-state index is 12.1. The van der Waals surface area contributed by atoms with Gasteiger partial charge < -0.3 is 10.1 Å². The largest absolute Gasteiger partial charge is 0.466 e. The van der Waals surface area contributed by atoms with Gasteiger partial charge in [-0.3, -0.25) is 18.8 Å². The predicted molar refractivity (Wildman–Crippen MR) is 77.5 cm³/mol. The highest BCUT2D eigenvalue weighted by atomic mass is 32.1. The van der Waals surface area contributed by atoms with Gasteiger partial charge in [-0.1, -0.05) is 0 Å². The Bertz CT molecular complexity index is 707. The number of hydrogen-bond acceptors (Lipinski definition) is 6. The van der Waals surface area contributed by atoms with Gasteiger partial charge in [0.25, 0.3) is 11.5 Å². The van der Waals surface area contributed by atoms with Crippen molar-refractivity contribution in [3.8, 4) is 0 Å². The van der Waals surface area contributed by atoms with Gasteiger partial charge in [-0.05, 0) is 13.3 Å². The summed E-state index contributed by atoms with van der Waals surface area (Å²) in [7, 11) is 0. The van der Waals surface area contributed by atoms with Gasteiger partial charge in [0.15, 0.2) is 4.96 Å². The summed E-state index contributed by atoms with van der Waals surface area (Å²) in [6, 6.07) is 0. The van der Waals surface area contributed by atoms with E-state index in [0.717, 1.165) is 0 Å². The molecule has 1 N–H and O–H groups in total. The number of carbonyl (C=O) groups is 2. The first-order valence-corrected chi connectivity index (χ1v) is 7.40. The Kier molecular flexibility index (Phi) is 5.04. The van der Waals surface area contributed by atoms with Crippen molar-refractivity contribution in [3.63, 3.8) is 0 Å². The molecule has 0 aliphatic rings. The molecule has 2 heterocycles. The van der Waals surface area contributed by atoms with Crippen LogP contribution in [0, 0.1) is 0 Å². The summed E-state index contributed by atoms with van der Waals surface area (Å²) in [6.45, 7) is 2.37. The Morgan fingerprint density at radius 2 is 2.29 bits per heavy atom. The number of nitrogens with zero attached hydrogens (tertiary/aromatic N) is 2. The summed E-state index contributed by atoms with van der Waals surface area (Å²) in [5.74, 6) is -0.787. The molecule has 0 saturated heterocycles. The number of ether oxygens (including phenoxy) is 1.